The number of benzene rings is 2. The second-order valence-corrected chi connectivity index (χ2v) is 7.22. The van der Waals surface area contributed by atoms with Crippen molar-refractivity contribution in [1.29, 1.82) is 0 Å². The van der Waals surface area contributed by atoms with Crippen LogP contribution in [0, 0.1) is 6.92 Å². The summed E-state index contributed by atoms with van der Waals surface area (Å²) >= 11 is 0. The fourth-order valence-corrected chi connectivity index (χ4v) is 3.62. The van der Waals surface area contributed by atoms with Gasteiger partial charge < -0.3 is 19.5 Å². The van der Waals surface area contributed by atoms with Crippen molar-refractivity contribution in [2.45, 2.75) is 25.9 Å². The summed E-state index contributed by atoms with van der Waals surface area (Å²) in [6, 6.07) is 15.0. The number of aryl methyl sites for hydroxylation is 1. The number of rotatable bonds is 6. The summed E-state index contributed by atoms with van der Waals surface area (Å²) < 4.78 is 10.7. The number of nitrogens with zero attached hydrogens (tertiary/aromatic N) is 2. The van der Waals surface area contributed by atoms with Gasteiger partial charge in [0.1, 0.15) is 12.3 Å². The SMILES string of the molecule is Cc1cc(NC(=O)CN(CC2CCCO2)C(=O)c2cccc3ccccc23)no1. The van der Waals surface area contributed by atoms with Gasteiger partial charge in [0.05, 0.1) is 6.10 Å². The minimum absolute atomic E-state index is 0.0592. The molecule has 4 rings (SSSR count). The molecule has 7 nitrogen and oxygen atoms in total. The lowest BCUT2D eigenvalue weighted by Gasteiger charge is -2.25. The quantitative estimate of drug-likeness (QED) is 0.694. The maximum Gasteiger partial charge on any atom is 0.255 e. The van der Waals surface area contributed by atoms with Gasteiger partial charge in [-0.15, -0.1) is 0 Å². The Hall–Kier alpha value is -3.19. The first-order chi connectivity index (χ1) is 14.1. The fraction of sp³-hybridized carbons (Fsp3) is 0.318. The lowest BCUT2D eigenvalue weighted by Crippen LogP contribution is -2.42. The van der Waals surface area contributed by atoms with Gasteiger partial charge in [-0.2, -0.15) is 0 Å². The predicted octanol–water partition coefficient (Wildman–Crippen LogP) is 3.40. The Kier molecular flexibility index (Phi) is 5.57. The monoisotopic (exact) mass is 393 g/mol. The first kappa shape index (κ1) is 19.1. The number of hydrogen-bond acceptors (Lipinski definition) is 5. The van der Waals surface area contributed by atoms with E-state index < -0.39 is 0 Å². The highest BCUT2D eigenvalue weighted by molar-refractivity contribution is 6.08. The van der Waals surface area contributed by atoms with Gasteiger partial charge in [-0.25, -0.2) is 0 Å². The maximum absolute atomic E-state index is 13.4. The van der Waals surface area contributed by atoms with Crippen molar-refractivity contribution in [3.05, 3.63) is 59.9 Å². The molecule has 7 heteroatoms. The van der Waals surface area contributed by atoms with E-state index in [2.05, 4.69) is 10.5 Å². The average Bonchev–Trinajstić information content (AvgIpc) is 3.38. The number of aromatic nitrogens is 1. The largest absolute Gasteiger partial charge is 0.376 e. The Morgan fingerprint density at radius 1 is 1.21 bits per heavy atom. The van der Waals surface area contributed by atoms with E-state index in [0.717, 1.165) is 23.6 Å². The predicted molar refractivity (Wildman–Crippen MR) is 109 cm³/mol. The van der Waals surface area contributed by atoms with Crippen LogP contribution in [0.3, 0.4) is 0 Å². The molecule has 29 heavy (non-hydrogen) atoms. The van der Waals surface area contributed by atoms with Crippen LogP contribution in [0.4, 0.5) is 5.82 Å². The molecule has 1 saturated heterocycles. The molecule has 0 radical (unpaired) electrons. The third-order valence-electron chi connectivity index (χ3n) is 4.99. The van der Waals surface area contributed by atoms with E-state index in [1.165, 1.54) is 0 Å². The number of anilines is 1. The summed E-state index contributed by atoms with van der Waals surface area (Å²) in [7, 11) is 0. The summed E-state index contributed by atoms with van der Waals surface area (Å²) in [6.45, 7) is 2.71. The van der Waals surface area contributed by atoms with Gasteiger partial charge in [0.25, 0.3) is 5.91 Å². The first-order valence-electron chi connectivity index (χ1n) is 9.72. The molecule has 1 fully saturated rings. The van der Waals surface area contributed by atoms with Gasteiger partial charge in [-0.3, -0.25) is 9.59 Å². The minimum Gasteiger partial charge on any atom is -0.376 e. The number of fused-ring (bicyclic) bond motifs is 1. The van der Waals surface area contributed by atoms with Crippen LogP contribution in [0.25, 0.3) is 10.8 Å². The van der Waals surface area contributed by atoms with Crippen molar-refractivity contribution in [1.82, 2.24) is 10.1 Å². The highest BCUT2D eigenvalue weighted by atomic mass is 16.5. The molecule has 1 atom stereocenters. The van der Waals surface area contributed by atoms with Crippen molar-refractivity contribution in [3.63, 3.8) is 0 Å². The molecule has 0 aliphatic carbocycles. The van der Waals surface area contributed by atoms with Crippen LogP contribution in [0.1, 0.15) is 29.0 Å². The number of carbonyl (C=O) groups excluding carboxylic acids is 2. The zero-order valence-electron chi connectivity index (χ0n) is 16.3. The van der Waals surface area contributed by atoms with Crippen molar-refractivity contribution in [2.75, 3.05) is 25.0 Å². The minimum atomic E-state index is -0.329. The first-order valence-corrected chi connectivity index (χ1v) is 9.72. The summed E-state index contributed by atoms with van der Waals surface area (Å²) in [4.78, 5) is 27.5. The molecule has 1 aliphatic heterocycles. The Labute approximate surface area is 168 Å². The molecular weight excluding hydrogens is 370 g/mol. The third kappa shape index (κ3) is 4.46. The maximum atomic E-state index is 13.4. The molecule has 1 aromatic heterocycles. The third-order valence-corrected chi connectivity index (χ3v) is 4.99. The smallest absolute Gasteiger partial charge is 0.255 e. The van der Waals surface area contributed by atoms with Crippen LogP contribution in [-0.2, 0) is 9.53 Å². The number of ether oxygens (including phenoxy) is 1. The van der Waals surface area contributed by atoms with E-state index in [1.807, 2.05) is 36.4 Å². The van der Waals surface area contributed by atoms with Crippen LogP contribution in [0.5, 0.6) is 0 Å². The van der Waals surface area contributed by atoms with E-state index in [0.29, 0.717) is 30.3 Å². The molecule has 2 heterocycles. The summed E-state index contributed by atoms with van der Waals surface area (Å²) in [5.74, 6) is 0.416. The average molecular weight is 393 g/mol. The summed E-state index contributed by atoms with van der Waals surface area (Å²) in [5.41, 5.74) is 0.575. The van der Waals surface area contributed by atoms with E-state index in [4.69, 9.17) is 9.26 Å². The molecular formula is C22H23N3O4. The molecule has 1 N–H and O–H groups in total. The molecule has 0 saturated carbocycles. The van der Waals surface area contributed by atoms with Gasteiger partial charge >= 0.3 is 0 Å². The molecule has 1 aliphatic rings. The van der Waals surface area contributed by atoms with Crippen molar-refractivity contribution in [2.24, 2.45) is 0 Å². The van der Waals surface area contributed by atoms with E-state index in [1.54, 1.807) is 24.0 Å². The summed E-state index contributed by atoms with van der Waals surface area (Å²) in [6.07, 6.45) is 1.78. The van der Waals surface area contributed by atoms with Gasteiger partial charge in [0, 0.05) is 24.8 Å². The summed E-state index contributed by atoms with van der Waals surface area (Å²) in [5, 5.41) is 8.31. The van der Waals surface area contributed by atoms with E-state index in [9.17, 15) is 9.59 Å². The zero-order valence-corrected chi connectivity index (χ0v) is 16.3. The zero-order chi connectivity index (χ0) is 20.2. The Bertz CT molecular complexity index is 1020. The highest BCUT2D eigenvalue weighted by Crippen LogP contribution is 2.21. The lowest BCUT2D eigenvalue weighted by atomic mass is 10.0. The number of carbonyl (C=O) groups is 2. The topological polar surface area (TPSA) is 84.7 Å². The van der Waals surface area contributed by atoms with Gasteiger partial charge in [0.15, 0.2) is 5.82 Å². The molecule has 2 aromatic carbocycles. The van der Waals surface area contributed by atoms with Crippen molar-refractivity contribution < 1.29 is 18.8 Å². The van der Waals surface area contributed by atoms with Crippen molar-refractivity contribution in [3.8, 4) is 0 Å². The molecule has 0 spiro atoms. The number of nitrogens with one attached hydrogen (secondary N) is 1. The molecule has 3 aromatic rings. The Morgan fingerprint density at radius 2 is 2.03 bits per heavy atom. The molecule has 2 amide bonds. The van der Waals surface area contributed by atoms with E-state index in [-0.39, 0.29) is 24.5 Å². The highest BCUT2D eigenvalue weighted by Gasteiger charge is 2.26. The standard InChI is InChI=1S/C22H23N3O4/c1-15-12-20(24-29-15)23-21(26)14-25(13-17-8-5-11-28-17)22(27)19-10-4-7-16-6-2-3-9-18(16)19/h2-4,6-7,9-10,12,17H,5,8,11,13-14H2,1H3,(H,23,24,26). The molecule has 150 valence electrons. The van der Waals surface area contributed by atoms with Gasteiger partial charge in [0.2, 0.25) is 5.91 Å². The van der Waals surface area contributed by atoms with Crippen molar-refractivity contribution >= 4 is 28.4 Å². The lowest BCUT2D eigenvalue weighted by molar-refractivity contribution is -0.117. The molecule has 0 bridgehead atoms. The van der Waals surface area contributed by atoms with Gasteiger partial charge in [-0.05, 0) is 36.6 Å². The van der Waals surface area contributed by atoms with E-state index >= 15 is 0 Å². The van der Waals surface area contributed by atoms with Crippen LogP contribution < -0.4 is 5.32 Å². The number of hydrogen-bond donors (Lipinski definition) is 1. The fourth-order valence-electron chi connectivity index (χ4n) is 3.62. The van der Waals surface area contributed by atoms with Gasteiger partial charge in [-0.1, -0.05) is 41.6 Å². The van der Waals surface area contributed by atoms with Crippen LogP contribution in [0.2, 0.25) is 0 Å². The normalized spacial score (nSPS) is 16.1. The number of amides is 2. The second kappa shape index (κ2) is 8.45. The molecule has 1 unspecified atom stereocenters. The Balaban J connectivity index is 1.57. The van der Waals surface area contributed by atoms with Crippen LogP contribution in [0.15, 0.2) is 53.1 Å². The van der Waals surface area contributed by atoms with Crippen LogP contribution >= 0.6 is 0 Å². The second-order valence-electron chi connectivity index (χ2n) is 7.22. The van der Waals surface area contributed by atoms with Crippen LogP contribution in [-0.4, -0.2) is 47.7 Å². The Morgan fingerprint density at radius 3 is 2.79 bits per heavy atom.